The molecule has 0 aliphatic heterocycles. The molecular formula is C39H38N2O6. The van der Waals surface area contributed by atoms with Gasteiger partial charge in [-0.15, -0.1) is 0 Å². The maximum absolute atomic E-state index is 13.6. The third-order valence-corrected chi connectivity index (χ3v) is 9.81. The Hall–Kier alpha value is -5.24. The fourth-order valence-electron chi connectivity index (χ4n) is 6.01. The molecule has 0 atom stereocenters. The van der Waals surface area contributed by atoms with Gasteiger partial charge in [0.2, 0.25) is 0 Å². The van der Waals surface area contributed by atoms with Gasteiger partial charge in [-0.25, -0.2) is 4.57 Å². The van der Waals surface area contributed by atoms with Gasteiger partial charge in [0, 0.05) is 17.7 Å². The molecule has 8 heteroatoms. The van der Waals surface area contributed by atoms with Crippen molar-refractivity contribution in [2.45, 2.75) is 71.8 Å². The molecule has 2 heterocycles. The van der Waals surface area contributed by atoms with Crippen molar-refractivity contribution in [2.24, 2.45) is 0 Å². The number of hydrogen-bond donors (Lipinski definition) is 0. The van der Waals surface area contributed by atoms with Crippen LogP contribution in [0.2, 0.25) is 0 Å². The van der Waals surface area contributed by atoms with Crippen LogP contribution in [-0.2, 0) is 11.0 Å². The summed E-state index contributed by atoms with van der Waals surface area (Å²) in [4.78, 5) is 54.0. The Labute approximate surface area is 272 Å². The van der Waals surface area contributed by atoms with Crippen molar-refractivity contribution in [3.8, 4) is 28.7 Å². The summed E-state index contributed by atoms with van der Waals surface area (Å²) >= 11 is 0. The molecule has 0 radical (unpaired) electrons. The SMILES string of the molecule is CCC(C)(C)c1cccc(Oc2cccc(Oc3cccc(-n4c(=O)c5cc6c(=O)n(C(C)(CC)CC)c(=O)c6cc5c4=O)c3)c2)c1. The second-order valence-corrected chi connectivity index (χ2v) is 13.0. The molecule has 0 spiro atoms. The number of ether oxygens (including phenoxy) is 2. The Morgan fingerprint density at radius 1 is 0.532 bits per heavy atom. The van der Waals surface area contributed by atoms with Crippen LogP contribution in [0.5, 0.6) is 23.0 Å². The van der Waals surface area contributed by atoms with Crippen LogP contribution < -0.4 is 31.7 Å². The minimum Gasteiger partial charge on any atom is -0.457 e. The van der Waals surface area contributed by atoms with Gasteiger partial charge in [0.25, 0.3) is 22.2 Å². The maximum atomic E-state index is 13.6. The van der Waals surface area contributed by atoms with Crippen LogP contribution >= 0.6 is 0 Å². The molecule has 2 aromatic heterocycles. The van der Waals surface area contributed by atoms with E-state index < -0.39 is 27.8 Å². The van der Waals surface area contributed by atoms with E-state index in [4.69, 9.17) is 9.47 Å². The maximum Gasteiger partial charge on any atom is 0.266 e. The first-order chi connectivity index (χ1) is 22.4. The molecule has 0 amide bonds. The Morgan fingerprint density at radius 3 is 1.49 bits per heavy atom. The minimum absolute atomic E-state index is 0.0242. The standard InChI is InChI=1S/C39H38N2O6/c1-7-38(4,5)24-13-10-15-26(19-24)46-28-17-12-18-29(21-28)47-27-16-11-14-25(20-27)40-34(42)30-22-32-33(23-31(30)35(40)43)37(45)41(36(32)44)39(6,8-2)9-3/h10-23H,7-9H2,1-6H3. The van der Waals surface area contributed by atoms with E-state index in [0.29, 0.717) is 35.8 Å². The van der Waals surface area contributed by atoms with Crippen LogP contribution in [0.25, 0.3) is 27.2 Å². The summed E-state index contributed by atoms with van der Waals surface area (Å²) in [5.74, 6) is 2.24. The molecule has 0 unspecified atom stereocenters. The van der Waals surface area contributed by atoms with Gasteiger partial charge >= 0.3 is 0 Å². The Bertz CT molecular complexity index is 2270. The first-order valence-corrected chi connectivity index (χ1v) is 16.0. The largest absolute Gasteiger partial charge is 0.457 e. The van der Waals surface area contributed by atoms with Gasteiger partial charge in [0.05, 0.1) is 27.2 Å². The molecule has 0 aliphatic rings. The Kier molecular flexibility index (Phi) is 8.00. The van der Waals surface area contributed by atoms with Gasteiger partial charge < -0.3 is 9.47 Å². The summed E-state index contributed by atoms with van der Waals surface area (Å²) in [6.07, 6.45) is 2.17. The second kappa shape index (κ2) is 11.8. The van der Waals surface area contributed by atoms with Crippen LogP contribution in [0, 0.1) is 0 Å². The van der Waals surface area contributed by atoms with E-state index in [2.05, 4.69) is 26.8 Å². The fourth-order valence-corrected chi connectivity index (χ4v) is 6.01. The first-order valence-electron chi connectivity index (χ1n) is 16.0. The topological polar surface area (TPSA) is 96.6 Å². The normalized spacial score (nSPS) is 12.2. The van der Waals surface area contributed by atoms with Crippen molar-refractivity contribution in [3.63, 3.8) is 0 Å². The second-order valence-electron chi connectivity index (χ2n) is 13.0. The van der Waals surface area contributed by atoms with Crippen molar-refractivity contribution in [1.82, 2.24) is 9.13 Å². The van der Waals surface area contributed by atoms with Crippen molar-refractivity contribution >= 4 is 21.5 Å². The highest BCUT2D eigenvalue weighted by Crippen LogP contribution is 2.33. The highest BCUT2D eigenvalue weighted by Gasteiger charge is 2.29. The average molecular weight is 631 g/mol. The number of aromatic nitrogens is 2. The van der Waals surface area contributed by atoms with E-state index >= 15 is 0 Å². The number of fused-ring (bicyclic) bond motifs is 2. The first kappa shape index (κ1) is 31.7. The summed E-state index contributed by atoms with van der Waals surface area (Å²) in [7, 11) is 0. The third-order valence-electron chi connectivity index (χ3n) is 9.81. The molecule has 0 fully saturated rings. The third kappa shape index (κ3) is 5.47. The zero-order chi connectivity index (χ0) is 33.7. The van der Waals surface area contributed by atoms with E-state index in [0.717, 1.165) is 16.7 Å². The fraction of sp³-hybridized carbons (Fsp3) is 0.282. The predicted octanol–water partition coefficient (Wildman–Crippen LogP) is 7.71. The number of nitrogens with zero attached hydrogens (tertiary/aromatic N) is 2. The molecule has 0 N–H and O–H groups in total. The Balaban J connectivity index is 1.32. The molecule has 0 bridgehead atoms. The minimum atomic E-state index is -0.666. The number of benzene rings is 4. The summed E-state index contributed by atoms with van der Waals surface area (Å²) in [6.45, 7) is 12.3. The van der Waals surface area contributed by atoms with E-state index in [-0.39, 0.29) is 27.0 Å². The van der Waals surface area contributed by atoms with E-state index in [1.165, 1.54) is 22.3 Å². The number of rotatable bonds is 10. The molecule has 0 saturated carbocycles. The van der Waals surface area contributed by atoms with Gasteiger partial charge in [0.1, 0.15) is 23.0 Å². The lowest BCUT2D eigenvalue weighted by Gasteiger charge is -2.27. The van der Waals surface area contributed by atoms with Crippen molar-refractivity contribution in [2.75, 3.05) is 0 Å². The van der Waals surface area contributed by atoms with Gasteiger partial charge in [-0.3, -0.25) is 23.7 Å². The molecule has 6 aromatic rings. The molecule has 240 valence electrons. The van der Waals surface area contributed by atoms with E-state index in [1.54, 1.807) is 36.4 Å². The summed E-state index contributed by atoms with van der Waals surface area (Å²) in [5, 5.41) is 0.470. The summed E-state index contributed by atoms with van der Waals surface area (Å²) < 4.78 is 14.6. The smallest absolute Gasteiger partial charge is 0.266 e. The van der Waals surface area contributed by atoms with Gasteiger partial charge in [-0.05, 0) is 85.7 Å². The molecule has 6 rings (SSSR count). The summed E-state index contributed by atoms with van der Waals surface area (Å²) in [6, 6.07) is 24.7. The van der Waals surface area contributed by atoms with Crippen LogP contribution in [0.15, 0.2) is 104 Å². The average Bonchev–Trinajstić information content (AvgIpc) is 3.47. The molecule has 47 heavy (non-hydrogen) atoms. The molecular weight excluding hydrogens is 592 g/mol. The van der Waals surface area contributed by atoms with Crippen LogP contribution in [0.3, 0.4) is 0 Å². The lowest BCUT2D eigenvalue weighted by molar-refractivity contribution is 0.282. The van der Waals surface area contributed by atoms with Gasteiger partial charge in [-0.1, -0.05) is 58.9 Å². The molecule has 8 nitrogen and oxygen atoms in total. The highest BCUT2D eigenvalue weighted by molar-refractivity contribution is 5.98. The van der Waals surface area contributed by atoms with Gasteiger partial charge in [-0.2, -0.15) is 0 Å². The molecule has 0 aliphatic carbocycles. The highest BCUT2D eigenvalue weighted by atomic mass is 16.5. The van der Waals surface area contributed by atoms with Crippen LogP contribution in [0.4, 0.5) is 0 Å². The predicted molar refractivity (Wildman–Crippen MR) is 187 cm³/mol. The van der Waals surface area contributed by atoms with Crippen LogP contribution in [0.1, 0.15) is 66.4 Å². The molecule has 0 saturated heterocycles. The number of hydrogen-bond acceptors (Lipinski definition) is 6. The lowest BCUT2D eigenvalue weighted by Crippen LogP contribution is -2.42. The van der Waals surface area contributed by atoms with E-state index in [9.17, 15) is 19.2 Å². The lowest BCUT2D eigenvalue weighted by atomic mass is 9.82. The zero-order valence-corrected chi connectivity index (χ0v) is 27.5. The summed E-state index contributed by atoms with van der Waals surface area (Å²) in [5.41, 5.74) is -1.18. The molecule has 4 aromatic carbocycles. The quantitative estimate of drug-likeness (QED) is 0.154. The monoisotopic (exact) mass is 630 g/mol. The van der Waals surface area contributed by atoms with Crippen molar-refractivity contribution in [1.29, 1.82) is 0 Å². The van der Waals surface area contributed by atoms with Gasteiger partial charge in [0.15, 0.2) is 0 Å². The van der Waals surface area contributed by atoms with Crippen LogP contribution in [-0.4, -0.2) is 9.13 Å². The zero-order valence-electron chi connectivity index (χ0n) is 27.5. The van der Waals surface area contributed by atoms with Crippen molar-refractivity contribution < 1.29 is 9.47 Å². The van der Waals surface area contributed by atoms with Crippen molar-refractivity contribution in [3.05, 3.63) is 132 Å². The Morgan fingerprint density at radius 2 is 0.979 bits per heavy atom. The van der Waals surface area contributed by atoms with E-state index in [1.807, 2.05) is 51.1 Å².